The fourth-order valence-corrected chi connectivity index (χ4v) is 2.64. The van der Waals surface area contributed by atoms with Crippen molar-refractivity contribution in [1.29, 1.82) is 10.5 Å². The lowest BCUT2D eigenvalue weighted by Crippen LogP contribution is -2.32. The van der Waals surface area contributed by atoms with Gasteiger partial charge in [0.1, 0.15) is 0 Å². The summed E-state index contributed by atoms with van der Waals surface area (Å²) in [6.45, 7) is 1.03. The van der Waals surface area contributed by atoms with E-state index < -0.39 is 0 Å². The molecule has 0 saturated carbocycles. The minimum absolute atomic E-state index is 0.0208. The van der Waals surface area contributed by atoms with E-state index in [0.717, 1.165) is 11.1 Å². The molecule has 0 bridgehead atoms. The maximum Gasteiger partial charge on any atom is 0.187 e. The first kappa shape index (κ1) is 16.4. The van der Waals surface area contributed by atoms with Crippen LogP contribution < -0.4 is 5.32 Å². The molecular formula is C21H15N3O. The lowest BCUT2D eigenvalue weighted by molar-refractivity contribution is -0.112. The number of benzene rings is 2. The van der Waals surface area contributed by atoms with Crippen LogP contribution in [-0.2, 0) is 4.79 Å². The standard InChI is InChI=1S/C21H15N3O/c22-11-17-5-1-15(2-6-17)9-19-13-24-14-20(21(19)25)10-16-3-7-18(12-23)8-4-16/h1-10,24H,13-14H2/b19-9-,20-10+. The average molecular weight is 325 g/mol. The van der Waals surface area contributed by atoms with Crippen molar-refractivity contribution in [2.75, 3.05) is 13.1 Å². The highest BCUT2D eigenvalue weighted by molar-refractivity contribution is 6.14. The first-order chi connectivity index (χ1) is 12.2. The van der Waals surface area contributed by atoms with Gasteiger partial charge in [0, 0.05) is 24.2 Å². The van der Waals surface area contributed by atoms with Crippen LogP contribution in [0.5, 0.6) is 0 Å². The molecule has 1 fully saturated rings. The summed E-state index contributed by atoms with van der Waals surface area (Å²) in [7, 11) is 0. The molecule has 25 heavy (non-hydrogen) atoms. The smallest absolute Gasteiger partial charge is 0.187 e. The number of carbonyl (C=O) groups excluding carboxylic acids is 1. The van der Waals surface area contributed by atoms with Gasteiger partial charge in [-0.15, -0.1) is 0 Å². The fourth-order valence-electron chi connectivity index (χ4n) is 2.64. The highest BCUT2D eigenvalue weighted by atomic mass is 16.1. The van der Waals surface area contributed by atoms with Crippen molar-refractivity contribution >= 4 is 17.9 Å². The molecule has 1 heterocycles. The summed E-state index contributed by atoms with van der Waals surface area (Å²) in [5.41, 5.74) is 4.35. The van der Waals surface area contributed by atoms with E-state index in [4.69, 9.17) is 10.5 Å². The highest BCUT2D eigenvalue weighted by Crippen LogP contribution is 2.18. The monoisotopic (exact) mass is 325 g/mol. The molecule has 0 unspecified atom stereocenters. The minimum atomic E-state index is 0.0208. The van der Waals surface area contributed by atoms with E-state index in [-0.39, 0.29) is 5.78 Å². The number of hydrogen-bond donors (Lipinski definition) is 1. The Bertz CT molecular complexity index is 859. The van der Waals surface area contributed by atoms with Gasteiger partial charge in [-0.1, -0.05) is 24.3 Å². The number of Topliss-reactive ketones (excluding diaryl/α,β-unsaturated/α-hetero) is 1. The summed E-state index contributed by atoms with van der Waals surface area (Å²) >= 11 is 0. The number of carbonyl (C=O) groups is 1. The van der Waals surface area contributed by atoms with E-state index in [0.29, 0.717) is 35.4 Å². The molecule has 1 aliphatic heterocycles. The van der Waals surface area contributed by atoms with Gasteiger partial charge in [0.15, 0.2) is 5.78 Å². The third-order valence-corrected chi connectivity index (χ3v) is 3.98. The molecule has 0 radical (unpaired) electrons. The zero-order valence-electron chi connectivity index (χ0n) is 13.5. The summed E-state index contributed by atoms with van der Waals surface area (Å²) in [5.74, 6) is 0.0208. The molecule has 4 nitrogen and oxygen atoms in total. The van der Waals surface area contributed by atoms with E-state index in [1.54, 1.807) is 24.3 Å². The molecule has 0 aliphatic carbocycles. The first-order valence-corrected chi connectivity index (χ1v) is 7.86. The molecule has 0 spiro atoms. The Morgan fingerprint density at radius 1 is 0.760 bits per heavy atom. The van der Waals surface area contributed by atoms with Crippen LogP contribution in [0.25, 0.3) is 12.2 Å². The van der Waals surface area contributed by atoms with Crippen LogP contribution >= 0.6 is 0 Å². The second-order valence-electron chi connectivity index (χ2n) is 5.74. The summed E-state index contributed by atoms with van der Waals surface area (Å²) in [4.78, 5) is 12.7. The van der Waals surface area contributed by atoms with Gasteiger partial charge in [0.25, 0.3) is 0 Å². The van der Waals surface area contributed by atoms with Crippen LogP contribution in [-0.4, -0.2) is 18.9 Å². The van der Waals surface area contributed by atoms with E-state index in [2.05, 4.69) is 17.5 Å². The van der Waals surface area contributed by atoms with Gasteiger partial charge in [0.2, 0.25) is 0 Å². The molecule has 2 aromatic carbocycles. The van der Waals surface area contributed by atoms with Gasteiger partial charge < -0.3 is 5.32 Å². The number of hydrogen-bond acceptors (Lipinski definition) is 4. The number of nitriles is 2. The molecule has 1 aliphatic rings. The SMILES string of the molecule is N#Cc1ccc(/C=C2/CNC/C(=C\c3ccc(C#N)cc3)C2=O)cc1. The molecule has 0 amide bonds. The topological polar surface area (TPSA) is 76.7 Å². The summed E-state index contributed by atoms with van der Waals surface area (Å²) in [6.07, 6.45) is 3.70. The van der Waals surface area contributed by atoms with E-state index in [9.17, 15) is 4.79 Å². The van der Waals surface area contributed by atoms with Crippen molar-refractivity contribution in [1.82, 2.24) is 5.32 Å². The third-order valence-electron chi connectivity index (χ3n) is 3.98. The zero-order valence-corrected chi connectivity index (χ0v) is 13.5. The van der Waals surface area contributed by atoms with Crippen molar-refractivity contribution in [2.45, 2.75) is 0 Å². The quantitative estimate of drug-likeness (QED) is 0.861. The van der Waals surface area contributed by atoms with E-state index >= 15 is 0 Å². The maximum absolute atomic E-state index is 12.7. The molecule has 1 N–H and O–H groups in total. The van der Waals surface area contributed by atoms with Crippen molar-refractivity contribution in [2.24, 2.45) is 0 Å². The van der Waals surface area contributed by atoms with E-state index in [1.807, 2.05) is 36.4 Å². The first-order valence-electron chi connectivity index (χ1n) is 7.86. The van der Waals surface area contributed by atoms with Crippen molar-refractivity contribution < 1.29 is 4.79 Å². The summed E-state index contributed by atoms with van der Waals surface area (Å²) < 4.78 is 0. The normalized spacial score (nSPS) is 17.3. The van der Waals surface area contributed by atoms with Gasteiger partial charge in [-0.2, -0.15) is 10.5 Å². The Kier molecular flexibility index (Phi) is 4.85. The predicted molar refractivity (Wildman–Crippen MR) is 96.1 cm³/mol. The van der Waals surface area contributed by atoms with Crippen molar-refractivity contribution in [3.8, 4) is 12.1 Å². The van der Waals surface area contributed by atoms with Crippen LogP contribution in [0.1, 0.15) is 22.3 Å². The lowest BCUT2D eigenvalue weighted by Gasteiger charge is -2.18. The second kappa shape index (κ2) is 7.40. The van der Waals surface area contributed by atoms with Gasteiger partial charge in [-0.3, -0.25) is 4.79 Å². The van der Waals surface area contributed by atoms with Crippen LogP contribution in [0, 0.1) is 22.7 Å². The van der Waals surface area contributed by atoms with E-state index in [1.165, 1.54) is 0 Å². The highest BCUT2D eigenvalue weighted by Gasteiger charge is 2.20. The third kappa shape index (κ3) is 3.90. The molecule has 0 atom stereocenters. The van der Waals surface area contributed by atoms with Gasteiger partial charge in [0.05, 0.1) is 23.3 Å². The van der Waals surface area contributed by atoms with Crippen LogP contribution in [0.3, 0.4) is 0 Å². The molecule has 0 aromatic heterocycles. The number of ketones is 1. The van der Waals surface area contributed by atoms with Crippen LogP contribution in [0.15, 0.2) is 59.7 Å². The number of nitrogens with one attached hydrogen (secondary N) is 1. The van der Waals surface area contributed by atoms with Crippen molar-refractivity contribution in [3.05, 3.63) is 81.9 Å². The second-order valence-corrected chi connectivity index (χ2v) is 5.74. The Hall–Kier alpha value is -3.47. The fraction of sp³-hybridized carbons (Fsp3) is 0.0952. The molecule has 3 rings (SSSR count). The van der Waals surface area contributed by atoms with Gasteiger partial charge in [-0.05, 0) is 47.5 Å². The molecule has 2 aromatic rings. The van der Waals surface area contributed by atoms with Crippen molar-refractivity contribution in [3.63, 3.8) is 0 Å². The largest absolute Gasteiger partial charge is 0.308 e. The van der Waals surface area contributed by atoms with Gasteiger partial charge >= 0.3 is 0 Å². The molecule has 1 saturated heterocycles. The number of rotatable bonds is 2. The summed E-state index contributed by atoms with van der Waals surface area (Å²) in [5, 5.41) is 20.9. The Labute approximate surface area is 146 Å². The van der Waals surface area contributed by atoms with Gasteiger partial charge in [-0.25, -0.2) is 0 Å². The average Bonchev–Trinajstić information content (AvgIpc) is 2.66. The number of piperidine rings is 1. The lowest BCUT2D eigenvalue weighted by atomic mass is 9.95. The minimum Gasteiger partial charge on any atom is -0.308 e. The Morgan fingerprint density at radius 3 is 1.52 bits per heavy atom. The predicted octanol–water partition coefficient (Wildman–Crippen LogP) is 3.07. The molecular weight excluding hydrogens is 310 g/mol. The maximum atomic E-state index is 12.7. The Morgan fingerprint density at radius 2 is 1.16 bits per heavy atom. The van der Waals surface area contributed by atoms with Crippen LogP contribution in [0.4, 0.5) is 0 Å². The Balaban J connectivity index is 1.84. The number of nitrogens with zero attached hydrogens (tertiary/aromatic N) is 2. The molecule has 4 heteroatoms. The molecule has 120 valence electrons. The zero-order chi connectivity index (χ0) is 17.6. The van der Waals surface area contributed by atoms with Crippen LogP contribution in [0.2, 0.25) is 0 Å². The summed E-state index contributed by atoms with van der Waals surface area (Å²) in [6, 6.07) is 18.4.